The quantitative estimate of drug-likeness (QED) is 0.625. The SMILES string of the molecule is CC(NC(=O)C1CCN(C(=O)C=Cc2ccccc2)CC1)c1ccc(NC(N)=O)cc1. The molecule has 3 rings (SSSR count). The fraction of sp³-hybridized carbons (Fsp3) is 0.292. The predicted octanol–water partition coefficient (Wildman–Crippen LogP) is 3.31. The Morgan fingerprint density at radius 1 is 1.03 bits per heavy atom. The topological polar surface area (TPSA) is 105 Å². The fourth-order valence-corrected chi connectivity index (χ4v) is 3.61. The number of carbonyl (C=O) groups is 3. The van der Waals surface area contributed by atoms with E-state index < -0.39 is 6.03 Å². The number of urea groups is 1. The zero-order valence-electron chi connectivity index (χ0n) is 17.6. The van der Waals surface area contributed by atoms with Crippen LogP contribution in [-0.4, -0.2) is 35.8 Å². The van der Waals surface area contributed by atoms with Crippen molar-refractivity contribution in [2.75, 3.05) is 18.4 Å². The van der Waals surface area contributed by atoms with Crippen LogP contribution in [0.1, 0.15) is 36.9 Å². The average molecular weight is 421 g/mol. The van der Waals surface area contributed by atoms with Gasteiger partial charge in [0, 0.05) is 30.8 Å². The minimum absolute atomic E-state index is 0.00114. The van der Waals surface area contributed by atoms with Gasteiger partial charge in [0.1, 0.15) is 0 Å². The van der Waals surface area contributed by atoms with E-state index in [2.05, 4.69) is 10.6 Å². The lowest BCUT2D eigenvalue weighted by Gasteiger charge is -2.31. The Labute approximate surface area is 182 Å². The van der Waals surface area contributed by atoms with Gasteiger partial charge in [0.25, 0.3) is 0 Å². The molecule has 1 fully saturated rings. The van der Waals surface area contributed by atoms with Crippen molar-refractivity contribution >= 4 is 29.6 Å². The summed E-state index contributed by atoms with van der Waals surface area (Å²) in [6.45, 7) is 3.05. The number of rotatable bonds is 6. The van der Waals surface area contributed by atoms with E-state index in [1.807, 2.05) is 55.5 Å². The molecule has 1 heterocycles. The van der Waals surface area contributed by atoms with Crippen LogP contribution in [0, 0.1) is 5.92 Å². The number of primary amides is 1. The molecule has 1 saturated heterocycles. The molecule has 7 heteroatoms. The smallest absolute Gasteiger partial charge is 0.316 e. The molecule has 1 aliphatic heterocycles. The van der Waals surface area contributed by atoms with Crippen molar-refractivity contribution in [1.82, 2.24) is 10.2 Å². The van der Waals surface area contributed by atoms with Crippen LogP contribution in [0.5, 0.6) is 0 Å². The highest BCUT2D eigenvalue weighted by molar-refractivity contribution is 5.92. The van der Waals surface area contributed by atoms with Crippen molar-refractivity contribution in [3.63, 3.8) is 0 Å². The average Bonchev–Trinajstić information content (AvgIpc) is 2.78. The van der Waals surface area contributed by atoms with Crippen molar-refractivity contribution in [2.24, 2.45) is 11.7 Å². The van der Waals surface area contributed by atoms with Crippen LogP contribution in [0.15, 0.2) is 60.7 Å². The number of hydrogen-bond acceptors (Lipinski definition) is 3. The maximum Gasteiger partial charge on any atom is 0.316 e. The third-order valence-electron chi connectivity index (χ3n) is 5.43. The van der Waals surface area contributed by atoms with Crippen LogP contribution in [0.3, 0.4) is 0 Å². The number of nitrogens with one attached hydrogen (secondary N) is 2. The molecule has 0 bridgehead atoms. The summed E-state index contributed by atoms with van der Waals surface area (Å²) in [6.07, 6.45) is 4.69. The first-order valence-electron chi connectivity index (χ1n) is 10.4. The van der Waals surface area contributed by atoms with Gasteiger partial charge in [-0.3, -0.25) is 9.59 Å². The summed E-state index contributed by atoms with van der Waals surface area (Å²) in [4.78, 5) is 37.8. The van der Waals surface area contributed by atoms with Gasteiger partial charge in [-0.1, -0.05) is 42.5 Å². The Morgan fingerprint density at radius 2 is 1.68 bits per heavy atom. The van der Waals surface area contributed by atoms with Crippen LogP contribution in [-0.2, 0) is 9.59 Å². The van der Waals surface area contributed by atoms with Gasteiger partial charge in [-0.25, -0.2) is 4.79 Å². The van der Waals surface area contributed by atoms with E-state index in [0.717, 1.165) is 11.1 Å². The molecule has 0 aromatic heterocycles. The summed E-state index contributed by atoms with van der Waals surface area (Å²) in [5, 5.41) is 5.56. The lowest BCUT2D eigenvalue weighted by atomic mass is 9.95. The Kier molecular flexibility index (Phi) is 7.43. The van der Waals surface area contributed by atoms with Crippen molar-refractivity contribution in [3.8, 4) is 0 Å². The Balaban J connectivity index is 1.46. The minimum Gasteiger partial charge on any atom is -0.351 e. The zero-order chi connectivity index (χ0) is 22.2. The Bertz CT molecular complexity index is 933. The maximum absolute atomic E-state index is 12.7. The molecule has 31 heavy (non-hydrogen) atoms. The monoisotopic (exact) mass is 420 g/mol. The van der Waals surface area contributed by atoms with Gasteiger partial charge in [0.2, 0.25) is 11.8 Å². The van der Waals surface area contributed by atoms with Crippen molar-refractivity contribution in [1.29, 1.82) is 0 Å². The molecule has 2 aromatic carbocycles. The molecule has 1 atom stereocenters. The van der Waals surface area contributed by atoms with Gasteiger partial charge in [0.05, 0.1) is 6.04 Å². The van der Waals surface area contributed by atoms with E-state index >= 15 is 0 Å². The molecule has 0 aliphatic carbocycles. The lowest BCUT2D eigenvalue weighted by Crippen LogP contribution is -2.43. The highest BCUT2D eigenvalue weighted by Gasteiger charge is 2.27. The summed E-state index contributed by atoms with van der Waals surface area (Å²) in [6, 6.07) is 16.1. The van der Waals surface area contributed by atoms with Gasteiger partial charge >= 0.3 is 6.03 Å². The van der Waals surface area contributed by atoms with E-state index in [1.165, 1.54) is 0 Å². The zero-order valence-corrected chi connectivity index (χ0v) is 17.6. The van der Waals surface area contributed by atoms with E-state index in [4.69, 9.17) is 5.73 Å². The molecule has 1 unspecified atom stereocenters. The van der Waals surface area contributed by atoms with Gasteiger partial charge in [0.15, 0.2) is 0 Å². The van der Waals surface area contributed by atoms with Crippen molar-refractivity contribution in [3.05, 3.63) is 71.8 Å². The van der Waals surface area contributed by atoms with E-state index in [0.29, 0.717) is 31.6 Å². The summed E-state index contributed by atoms with van der Waals surface area (Å²) >= 11 is 0. The van der Waals surface area contributed by atoms with Gasteiger partial charge in [-0.05, 0) is 49.1 Å². The van der Waals surface area contributed by atoms with Gasteiger partial charge in [-0.15, -0.1) is 0 Å². The molecule has 7 nitrogen and oxygen atoms in total. The Hall–Kier alpha value is -3.61. The van der Waals surface area contributed by atoms with Crippen molar-refractivity contribution in [2.45, 2.75) is 25.8 Å². The molecule has 1 aliphatic rings. The second-order valence-corrected chi connectivity index (χ2v) is 7.69. The van der Waals surface area contributed by atoms with E-state index in [9.17, 15) is 14.4 Å². The highest BCUT2D eigenvalue weighted by atomic mass is 16.2. The van der Waals surface area contributed by atoms with E-state index in [-0.39, 0.29) is 23.8 Å². The molecule has 0 saturated carbocycles. The largest absolute Gasteiger partial charge is 0.351 e. The number of piperidine rings is 1. The first kappa shape index (κ1) is 22.1. The first-order valence-corrected chi connectivity index (χ1v) is 10.4. The second-order valence-electron chi connectivity index (χ2n) is 7.69. The predicted molar refractivity (Wildman–Crippen MR) is 121 cm³/mol. The van der Waals surface area contributed by atoms with Crippen LogP contribution >= 0.6 is 0 Å². The third kappa shape index (κ3) is 6.44. The standard InChI is InChI=1S/C24H28N4O3/c1-17(19-8-10-21(11-9-19)27-24(25)31)26-23(30)20-13-15-28(16-14-20)22(29)12-7-18-5-3-2-4-6-18/h2-12,17,20H,13-16H2,1H3,(H,26,30)(H3,25,27,31). The van der Waals surface area contributed by atoms with Crippen LogP contribution in [0.4, 0.5) is 10.5 Å². The van der Waals surface area contributed by atoms with Crippen LogP contribution < -0.4 is 16.4 Å². The normalized spacial score (nSPS) is 15.5. The Morgan fingerprint density at radius 3 is 2.29 bits per heavy atom. The molecule has 2 aromatic rings. The number of benzene rings is 2. The highest BCUT2D eigenvalue weighted by Crippen LogP contribution is 2.21. The number of amides is 4. The lowest BCUT2D eigenvalue weighted by molar-refractivity contribution is -0.132. The van der Waals surface area contributed by atoms with Gasteiger partial charge in [-0.2, -0.15) is 0 Å². The number of hydrogen-bond donors (Lipinski definition) is 3. The molecule has 0 radical (unpaired) electrons. The molecular weight excluding hydrogens is 392 g/mol. The summed E-state index contributed by atoms with van der Waals surface area (Å²) in [7, 11) is 0. The van der Waals surface area contributed by atoms with Crippen LogP contribution in [0.2, 0.25) is 0 Å². The molecule has 162 valence electrons. The molecule has 4 N–H and O–H groups in total. The number of carbonyl (C=O) groups excluding carboxylic acids is 3. The molecule has 0 spiro atoms. The van der Waals surface area contributed by atoms with Gasteiger partial charge < -0.3 is 21.3 Å². The number of nitrogens with zero attached hydrogens (tertiary/aromatic N) is 1. The fourth-order valence-electron chi connectivity index (χ4n) is 3.61. The molecular formula is C24H28N4O3. The first-order chi connectivity index (χ1) is 14.9. The number of likely N-dealkylation sites (tertiary alicyclic amines) is 1. The van der Waals surface area contributed by atoms with E-state index in [1.54, 1.807) is 23.1 Å². The van der Waals surface area contributed by atoms with Crippen molar-refractivity contribution < 1.29 is 14.4 Å². The maximum atomic E-state index is 12.7. The van der Waals surface area contributed by atoms with Crippen LogP contribution in [0.25, 0.3) is 6.08 Å². The summed E-state index contributed by atoms with van der Waals surface area (Å²) < 4.78 is 0. The minimum atomic E-state index is -0.616. The molecule has 4 amide bonds. The summed E-state index contributed by atoms with van der Waals surface area (Å²) in [5.41, 5.74) is 7.63. The third-order valence-corrected chi connectivity index (χ3v) is 5.43. The number of nitrogens with two attached hydrogens (primary N) is 1. The number of anilines is 1. The summed E-state index contributed by atoms with van der Waals surface area (Å²) in [5.74, 6) is -0.139. The second kappa shape index (κ2) is 10.4.